The molecule has 1 aromatic rings. The molecule has 0 radical (unpaired) electrons. The van der Waals surface area contributed by atoms with Crippen LogP contribution in [0.15, 0.2) is 24.3 Å². The smallest absolute Gasteiger partial charge is 0.0763 e. The predicted octanol–water partition coefficient (Wildman–Crippen LogP) is 3.45. The minimum atomic E-state index is -0.0169. The first-order valence-corrected chi connectivity index (χ1v) is 6.60. The Bertz CT molecular complexity index is 324. The van der Waals surface area contributed by atoms with Gasteiger partial charge in [0.2, 0.25) is 0 Å². The normalized spacial score (nSPS) is 14.6. The minimum Gasteiger partial charge on any atom is -0.379 e. The number of hydrogen-bond donors (Lipinski definition) is 1. The summed E-state index contributed by atoms with van der Waals surface area (Å²) in [6.07, 6.45) is 4.51. The molecule has 0 aromatic heterocycles. The number of methoxy groups -OCH3 is 1. The summed E-state index contributed by atoms with van der Waals surface area (Å²) in [6, 6.07) is 8.57. The van der Waals surface area contributed by atoms with E-state index >= 15 is 0 Å². The summed E-state index contributed by atoms with van der Waals surface area (Å²) in [5, 5.41) is 0. The van der Waals surface area contributed by atoms with Crippen LogP contribution in [0, 0.1) is 0 Å². The Morgan fingerprint density at radius 3 is 2.59 bits per heavy atom. The molecule has 2 atom stereocenters. The van der Waals surface area contributed by atoms with Crippen LogP contribution in [-0.4, -0.2) is 13.2 Å². The molecule has 0 fully saturated rings. The fraction of sp³-hybridized carbons (Fsp3) is 0.600. The van der Waals surface area contributed by atoms with Gasteiger partial charge in [0.25, 0.3) is 0 Å². The van der Waals surface area contributed by atoms with Gasteiger partial charge >= 0.3 is 0 Å². The van der Waals surface area contributed by atoms with Gasteiger partial charge in [0, 0.05) is 7.11 Å². The highest BCUT2D eigenvalue weighted by atomic mass is 16.5. The molecule has 2 N–H and O–H groups in total. The van der Waals surface area contributed by atoms with Crippen LogP contribution < -0.4 is 5.73 Å². The molecule has 1 rings (SSSR count). The summed E-state index contributed by atoms with van der Waals surface area (Å²) < 4.78 is 5.48. The highest BCUT2D eigenvalue weighted by molar-refractivity contribution is 5.26. The Hall–Kier alpha value is -0.860. The van der Waals surface area contributed by atoms with E-state index in [0.717, 1.165) is 19.3 Å². The molecule has 96 valence electrons. The lowest BCUT2D eigenvalue weighted by atomic mass is 9.96. The van der Waals surface area contributed by atoms with Gasteiger partial charge in [-0.05, 0) is 24.0 Å². The van der Waals surface area contributed by atoms with Crippen molar-refractivity contribution in [2.24, 2.45) is 5.73 Å². The molecule has 0 amide bonds. The van der Waals surface area contributed by atoms with Crippen molar-refractivity contribution in [3.8, 4) is 0 Å². The molecule has 0 saturated heterocycles. The fourth-order valence-corrected chi connectivity index (χ4v) is 2.19. The van der Waals surface area contributed by atoms with E-state index in [-0.39, 0.29) is 12.1 Å². The van der Waals surface area contributed by atoms with Crippen molar-refractivity contribution in [1.29, 1.82) is 0 Å². The van der Waals surface area contributed by atoms with E-state index in [1.807, 2.05) is 0 Å². The van der Waals surface area contributed by atoms with Gasteiger partial charge < -0.3 is 10.5 Å². The molecule has 17 heavy (non-hydrogen) atoms. The zero-order valence-electron chi connectivity index (χ0n) is 11.3. The average Bonchev–Trinajstić information content (AvgIpc) is 2.36. The lowest BCUT2D eigenvalue weighted by molar-refractivity contribution is 0.0725. The van der Waals surface area contributed by atoms with Crippen molar-refractivity contribution >= 4 is 0 Å². The van der Waals surface area contributed by atoms with Gasteiger partial charge in [-0.15, -0.1) is 0 Å². The van der Waals surface area contributed by atoms with Crippen LogP contribution in [-0.2, 0) is 11.2 Å². The number of benzene rings is 1. The first kappa shape index (κ1) is 14.2. The maximum atomic E-state index is 6.28. The molecule has 0 aliphatic heterocycles. The third-order valence-electron chi connectivity index (χ3n) is 3.15. The van der Waals surface area contributed by atoms with Crippen molar-refractivity contribution in [3.63, 3.8) is 0 Å². The lowest BCUT2D eigenvalue weighted by Crippen LogP contribution is -2.28. The molecule has 0 heterocycles. The highest BCUT2D eigenvalue weighted by Gasteiger charge is 2.18. The van der Waals surface area contributed by atoms with Crippen LogP contribution in [0.1, 0.15) is 50.3 Å². The Labute approximate surface area is 105 Å². The quantitative estimate of drug-likeness (QED) is 0.785. The summed E-state index contributed by atoms with van der Waals surface area (Å²) in [4.78, 5) is 0. The summed E-state index contributed by atoms with van der Waals surface area (Å²) in [7, 11) is 1.75. The standard InChI is InChI=1S/C15H25NO/c1-4-7-12-9-6-10-13(11-12)15(16)14(17-3)8-5-2/h6,9-11,14-15H,4-5,7-8,16H2,1-3H3. The number of ether oxygens (including phenoxy) is 1. The van der Waals surface area contributed by atoms with Crippen LogP contribution in [0.5, 0.6) is 0 Å². The maximum Gasteiger partial charge on any atom is 0.0763 e. The van der Waals surface area contributed by atoms with E-state index < -0.39 is 0 Å². The first-order valence-electron chi connectivity index (χ1n) is 6.60. The molecule has 0 spiro atoms. The average molecular weight is 235 g/mol. The molecule has 2 unspecified atom stereocenters. The van der Waals surface area contributed by atoms with Crippen LogP contribution in [0.3, 0.4) is 0 Å². The Balaban J connectivity index is 2.79. The molecule has 0 bridgehead atoms. The van der Waals surface area contributed by atoms with Crippen molar-refractivity contribution in [1.82, 2.24) is 0 Å². The van der Waals surface area contributed by atoms with Crippen molar-refractivity contribution in [3.05, 3.63) is 35.4 Å². The van der Waals surface area contributed by atoms with E-state index in [1.165, 1.54) is 17.5 Å². The lowest BCUT2D eigenvalue weighted by Gasteiger charge is -2.23. The maximum absolute atomic E-state index is 6.28. The molecule has 0 aliphatic rings. The van der Waals surface area contributed by atoms with Crippen molar-refractivity contribution in [2.75, 3.05) is 7.11 Å². The molecular formula is C15H25NO. The summed E-state index contributed by atoms with van der Waals surface area (Å²) in [5.74, 6) is 0. The van der Waals surface area contributed by atoms with E-state index in [2.05, 4.69) is 38.1 Å². The van der Waals surface area contributed by atoms with Crippen LogP contribution in [0.4, 0.5) is 0 Å². The second kappa shape index (κ2) is 7.46. The number of rotatable bonds is 7. The summed E-state index contributed by atoms with van der Waals surface area (Å²) in [5.41, 5.74) is 8.83. The van der Waals surface area contributed by atoms with Gasteiger partial charge in [0.05, 0.1) is 12.1 Å². The van der Waals surface area contributed by atoms with Gasteiger partial charge in [-0.3, -0.25) is 0 Å². The SMILES string of the molecule is CCCc1cccc(C(N)C(CCC)OC)c1. The monoisotopic (exact) mass is 235 g/mol. The van der Waals surface area contributed by atoms with Gasteiger partial charge in [-0.2, -0.15) is 0 Å². The summed E-state index contributed by atoms with van der Waals surface area (Å²) in [6.45, 7) is 4.36. The Kier molecular flexibility index (Phi) is 6.23. The highest BCUT2D eigenvalue weighted by Crippen LogP contribution is 2.21. The fourth-order valence-electron chi connectivity index (χ4n) is 2.19. The topological polar surface area (TPSA) is 35.2 Å². The number of nitrogens with two attached hydrogens (primary N) is 1. The van der Waals surface area contributed by atoms with Gasteiger partial charge in [-0.25, -0.2) is 0 Å². The Morgan fingerprint density at radius 2 is 2.00 bits per heavy atom. The van der Waals surface area contributed by atoms with Gasteiger partial charge in [0.15, 0.2) is 0 Å². The number of aryl methyl sites for hydroxylation is 1. The van der Waals surface area contributed by atoms with Crippen molar-refractivity contribution in [2.45, 2.75) is 51.7 Å². The molecule has 0 aliphatic carbocycles. The predicted molar refractivity (Wildman–Crippen MR) is 73.1 cm³/mol. The second-order valence-corrected chi connectivity index (χ2v) is 4.58. The minimum absolute atomic E-state index is 0.0169. The molecule has 1 aromatic carbocycles. The van der Waals surface area contributed by atoms with Crippen LogP contribution in [0.25, 0.3) is 0 Å². The molecule has 2 heteroatoms. The van der Waals surface area contributed by atoms with Crippen LogP contribution in [0.2, 0.25) is 0 Å². The van der Waals surface area contributed by atoms with Gasteiger partial charge in [0.1, 0.15) is 0 Å². The number of hydrogen-bond acceptors (Lipinski definition) is 2. The molecule has 2 nitrogen and oxygen atoms in total. The zero-order chi connectivity index (χ0) is 12.7. The zero-order valence-corrected chi connectivity index (χ0v) is 11.3. The first-order chi connectivity index (χ1) is 8.22. The van der Waals surface area contributed by atoms with E-state index in [1.54, 1.807) is 7.11 Å². The summed E-state index contributed by atoms with van der Waals surface area (Å²) >= 11 is 0. The van der Waals surface area contributed by atoms with Crippen LogP contribution >= 0.6 is 0 Å². The molecular weight excluding hydrogens is 210 g/mol. The third kappa shape index (κ3) is 4.14. The van der Waals surface area contributed by atoms with Gasteiger partial charge in [-0.1, -0.05) is 51.0 Å². The van der Waals surface area contributed by atoms with E-state index in [0.29, 0.717) is 0 Å². The third-order valence-corrected chi connectivity index (χ3v) is 3.15. The largest absolute Gasteiger partial charge is 0.379 e. The van der Waals surface area contributed by atoms with Crippen molar-refractivity contribution < 1.29 is 4.74 Å². The molecule has 0 saturated carbocycles. The van der Waals surface area contributed by atoms with E-state index in [4.69, 9.17) is 10.5 Å². The second-order valence-electron chi connectivity index (χ2n) is 4.58. The Morgan fingerprint density at radius 1 is 1.24 bits per heavy atom. The van der Waals surface area contributed by atoms with E-state index in [9.17, 15) is 0 Å².